The van der Waals surface area contributed by atoms with Gasteiger partial charge in [0.1, 0.15) is 5.69 Å². The van der Waals surface area contributed by atoms with Gasteiger partial charge in [-0.25, -0.2) is 9.97 Å². The maximum absolute atomic E-state index is 12.7. The summed E-state index contributed by atoms with van der Waals surface area (Å²) in [6.45, 7) is 2.80. The second-order valence-electron chi connectivity index (χ2n) is 5.54. The molecule has 0 saturated heterocycles. The maximum Gasteiger partial charge on any atom is 0.274 e. The van der Waals surface area contributed by atoms with E-state index < -0.39 is 0 Å². The van der Waals surface area contributed by atoms with Crippen molar-refractivity contribution in [3.05, 3.63) is 41.5 Å². The molecule has 0 aliphatic carbocycles. The summed E-state index contributed by atoms with van der Waals surface area (Å²) < 4.78 is 7.29. The molecule has 1 atom stereocenters. The molecule has 0 radical (unpaired) electrons. The molecule has 0 spiro atoms. The number of hydrogen-bond donors (Lipinski definition) is 0. The van der Waals surface area contributed by atoms with E-state index in [1.54, 1.807) is 24.5 Å². The number of aromatic nitrogens is 4. The van der Waals surface area contributed by atoms with Crippen LogP contribution >= 0.6 is 0 Å². The van der Waals surface area contributed by atoms with Crippen molar-refractivity contribution < 1.29 is 9.53 Å². The highest BCUT2D eigenvalue weighted by atomic mass is 16.5. The lowest BCUT2D eigenvalue weighted by molar-refractivity contribution is 0.0462. The molecule has 2 aromatic rings. The Morgan fingerprint density at radius 1 is 1.36 bits per heavy atom. The molecule has 22 heavy (non-hydrogen) atoms. The third kappa shape index (κ3) is 2.59. The molecule has 0 saturated carbocycles. The molecule has 116 valence electrons. The summed E-state index contributed by atoms with van der Waals surface area (Å²) in [5, 5.41) is 0. The Labute approximate surface area is 129 Å². The summed E-state index contributed by atoms with van der Waals surface area (Å²) in [6, 6.07) is -0.0245. The summed E-state index contributed by atoms with van der Waals surface area (Å²) in [4.78, 5) is 27.2. The van der Waals surface area contributed by atoms with Crippen molar-refractivity contribution in [3.63, 3.8) is 0 Å². The fourth-order valence-corrected chi connectivity index (χ4v) is 2.75. The average Bonchev–Trinajstić information content (AvgIpc) is 2.88. The summed E-state index contributed by atoms with van der Waals surface area (Å²) in [6.07, 6.45) is 5.64. The van der Waals surface area contributed by atoms with Crippen molar-refractivity contribution in [2.45, 2.75) is 25.9 Å². The van der Waals surface area contributed by atoms with Gasteiger partial charge in [0, 0.05) is 32.5 Å². The topological polar surface area (TPSA) is 73.1 Å². The minimum absolute atomic E-state index is 0.0245. The Morgan fingerprint density at radius 2 is 2.18 bits per heavy atom. The van der Waals surface area contributed by atoms with Gasteiger partial charge in [-0.2, -0.15) is 0 Å². The number of rotatable bonds is 3. The highest BCUT2D eigenvalue weighted by molar-refractivity contribution is 5.92. The molecular weight excluding hydrogens is 282 g/mol. The van der Waals surface area contributed by atoms with Crippen LogP contribution in [-0.2, 0) is 24.8 Å². The number of carbonyl (C=O) groups is 1. The van der Waals surface area contributed by atoms with Crippen molar-refractivity contribution in [2.24, 2.45) is 7.05 Å². The van der Waals surface area contributed by atoms with Gasteiger partial charge in [0.15, 0.2) is 0 Å². The van der Waals surface area contributed by atoms with Crippen molar-refractivity contribution >= 4 is 5.91 Å². The summed E-state index contributed by atoms with van der Waals surface area (Å²) in [5.41, 5.74) is 3.23. The first kappa shape index (κ1) is 14.6. The SMILES string of the molecule is COC[C@@H]1Cc2c(ncn2C)CN1C(=O)c1cnc(C)cn1. The fraction of sp³-hybridized carbons (Fsp3) is 0.467. The van der Waals surface area contributed by atoms with Crippen molar-refractivity contribution in [1.29, 1.82) is 0 Å². The first-order chi connectivity index (χ1) is 10.6. The standard InChI is InChI=1S/C15H19N5O2/c1-10-5-17-12(6-16-10)15(21)20-7-13-14(19(2)9-18-13)4-11(20)8-22-3/h5-6,9,11H,4,7-8H2,1-3H3/t11-/m0/s1. The minimum atomic E-state index is -0.133. The van der Waals surface area contributed by atoms with Crippen molar-refractivity contribution in [3.8, 4) is 0 Å². The minimum Gasteiger partial charge on any atom is -0.383 e. The first-order valence-electron chi connectivity index (χ1n) is 7.17. The predicted molar refractivity (Wildman–Crippen MR) is 79.2 cm³/mol. The fourth-order valence-electron chi connectivity index (χ4n) is 2.75. The second kappa shape index (κ2) is 5.84. The Kier molecular flexibility index (Phi) is 3.89. The van der Waals surface area contributed by atoms with Crippen LogP contribution in [0.25, 0.3) is 0 Å². The summed E-state index contributed by atoms with van der Waals surface area (Å²) >= 11 is 0. The molecule has 1 amide bonds. The van der Waals surface area contributed by atoms with Crippen molar-refractivity contribution in [2.75, 3.05) is 13.7 Å². The van der Waals surface area contributed by atoms with Gasteiger partial charge in [0.05, 0.1) is 43.1 Å². The smallest absolute Gasteiger partial charge is 0.274 e. The van der Waals surface area contributed by atoms with E-state index in [2.05, 4.69) is 15.0 Å². The van der Waals surface area contributed by atoms with E-state index in [-0.39, 0.29) is 11.9 Å². The quantitative estimate of drug-likeness (QED) is 0.835. The second-order valence-corrected chi connectivity index (χ2v) is 5.54. The largest absolute Gasteiger partial charge is 0.383 e. The van der Waals surface area contributed by atoms with E-state index in [1.165, 1.54) is 6.20 Å². The molecule has 1 aliphatic heterocycles. The van der Waals surface area contributed by atoms with Gasteiger partial charge < -0.3 is 14.2 Å². The zero-order valence-electron chi connectivity index (χ0n) is 13.0. The van der Waals surface area contributed by atoms with Crippen LogP contribution < -0.4 is 0 Å². The molecular formula is C15H19N5O2. The van der Waals surface area contributed by atoms with Gasteiger partial charge in [-0.05, 0) is 6.92 Å². The lowest BCUT2D eigenvalue weighted by Crippen LogP contribution is -2.47. The Balaban J connectivity index is 1.90. The monoisotopic (exact) mass is 301 g/mol. The maximum atomic E-state index is 12.7. The number of fused-ring (bicyclic) bond motifs is 1. The molecule has 7 nitrogen and oxygen atoms in total. The molecule has 2 aromatic heterocycles. The number of amides is 1. The van der Waals surface area contributed by atoms with Crippen LogP contribution in [-0.4, -0.2) is 50.1 Å². The Morgan fingerprint density at radius 3 is 2.86 bits per heavy atom. The lowest BCUT2D eigenvalue weighted by Gasteiger charge is -2.34. The third-order valence-electron chi connectivity index (χ3n) is 3.96. The number of methoxy groups -OCH3 is 1. The van der Waals surface area contributed by atoms with Gasteiger partial charge in [0.25, 0.3) is 5.91 Å². The zero-order valence-corrected chi connectivity index (χ0v) is 13.0. The van der Waals surface area contributed by atoms with Crippen LogP contribution in [0.2, 0.25) is 0 Å². The van der Waals surface area contributed by atoms with E-state index in [0.717, 1.165) is 23.5 Å². The van der Waals surface area contributed by atoms with Crippen LogP contribution in [0.4, 0.5) is 0 Å². The van der Waals surface area contributed by atoms with Crippen LogP contribution in [0.15, 0.2) is 18.7 Å². The van der Waals surface area contributed by atoms with Crippen LogP contribution in [0.5, 0.6) is 0 Å². The number of nitrogens with zero attached hydrogens (tertiary/aromatic N) is 5. The number of hydrogen-bond acceptors (Lipinski definition) is 5. The van der Waals surface area contributed by atoms with E-state index in [4.69, 9.17) is 4.74 Å². The molecule has 0 N–H and O–H groups in total. The van der Waals surface area contributed by atoms with Gasteiger partial charge in [-0.15, -0.1) is 0 Å². The van der Waals surface area contributed by atoms with E-state index in [1.807, 2.05) is 18.5 Å². The van der Waals surface area contributed by atoms with E-state index in [0.29, 0.717) is 18.8 Å². The van der Waals surface area contributed by atoms with Gasteiger partial charge >= 0.3 is 0 Å². The molecule has 0 fully saturated rings. The Hall–Kier alpha value is -2.28. The number of imidazole rings is 1. The molecule has 0 aromatic carbocycles. The summed E-state index contributed by atoms with van der Waals surface area (Å²) in [7, 11) is 3.62. The van der Waals surface area contributed by atoms with Crippen LogP contribution in [0.1, 0.15) is 27.6 Å². The van der Waals surface area contributed by atoms with Gasteiger partial charge in [-0.1, -0.05) is 0 Å². The van der Waals surface area contributed by atoms with Gasteiger partial charge in [-0.3, -0.25) is 9.78 Å². The van der Waals surface area contributed by atoms with Crippen molar-refractivity contribution in [1.82, 2.24) is 24.4 Å². The molecule has 7 heteroatoms. The molecule has 0 unspecified atom stereocenters. The summed E-state index contributed by atoms with van der Waals surface area (Å²) in [5.74, 6) is -0.133. The first-order valence-corrected chi connectivity index (χ1v) is 7.17. The third-order valence-corrected chi connectivity index (χ3v) is 3.96. The zero-order chi connectivity index (χ0) is 15.7. The average molecular weight is 301 g/mol. The molecule has 3 heterocycles. The molecule has 0 bridgehead atoms. The van der Waals surface area contributed by atoms with Crippen LogP contribution in [0.3, 0.4) is 0 Å². The predicted octanol–water partition coefficient (Wildman–Crippen LogP) is 0.732. The Bertz CT molecular complexity index is 680. The normalized spacial score (nSPS) is 17.4. The van der Waals surface area contributed by atoms with E-state index in [9.17, 15) is 4.79 Å². The molecule has 3 rings (SSSR count). The lowest BCUT2D eigenvalue weighted by atomic mass is 10.0. The number of aryl methyl sites for hydroxylation is 2. The highest BCUT2D eigenvalue weighted by Gasteiger charge is 2.33. The highest BCUT2D eigenvalue weighted by Crippen LogP contribution is 2.23. The van der Waals surface area contributed by atoms with Crippen LogP contribution in [0, 0.1) is 6.92 Å². The molecule has 1 aliphatic rings. The van der Waals surface area contributed by atoms with E-state index >= 15 is 0 Å². The number of ether oxygens (including phenoxy) is 1. The van der Waals surface area contributed by atoms with Gasteiger partial charge in [0.2, 0.25) is 0 Å². The number of carbonyl (C=O) groups excluding carboxylic acids is 1.